The van der Waals surface area contributed by atoms with Crippen LogP contribution in [0, 0.1) is 0 Å². The third kappa shape index (κ3) is 5.49. The SMILES string of the molecule is CC(CP(=O)(O)O)=NO. The van der Waals surface area contributed by atoms with Crippen LogP contribution in [0.2, 0.25) is 0 Å². The van der Waals surface area contributed by atoms with Gasteiger partial charge in [0.15, 0.2) is 0 Å². The third-order valence-electron chi connectivity index (χ3n) is 0.606. The number of rotatable bonds is 2. The van der Waals surface area contributed by atoms with Crippen molar-refractivity contribution in [1.29, 1.82) is 0 Å². The van der Waals surface area contributed by atoms with Crippen molar-refractivity contribution in [3.05, 3.63) is 0 Å². The van der Waals surface area contributed by atoms with Crippen LogP contribution in [0.25, 0.3) is 0 Å². The van der Waals surface area contributed by atoms with Gasteiger partial charge in [-0.3, -0.25) is 4.57 Å². The number of hydrogen-bond donors (Lipinski definition) is 3. The molecule has 0 spiro atoms. The molecule has 0 bridgehead atoms. The molecule has 0 aromatic heterocycles. The van der Waals surface area contributed by atoms with Crippen molar-refractivity contribution in [2.24, 2.45) is 5.16 Å². The van der Waals surface area contributed by atoms with Crippen molar-refractivity contribution in [2.75, 3.05) is 6.16 Å². The molecule has 0 aliphatic carbocycles. The van der Waals surface area contributed by atoms with E-state index in [2.05, 4.69) is 5.16 Å². The highest BCUT2D eigenvalue weighted by Crippen LogP contribution is 2.33. The molecule has 6 heteroatoms. The van der Waals surface area contributed by atoms with Gasteiger partial charge in [0.1, 0.15) is 0 Å². The summed E-state index contributed by atoms with van der Waals surface area (Å²) in [6.45, 7) is 1.33. The minimum Gasteiger partial charge on any atom is -0.411 e. The first-order valence-electron chi connectivity index (χ1n) is 2.18. The van der Waals surface area contributed by atoms with Gasteiger partial charge in [-0.1, -0.05) is 5.16 Å². The third-order valence-corrected chi connectivity index (χ3v) is 1.48. The summed E-state index contributed by atoms with van der Waals surface area (Å²) in [5.74, 6) is 0. The van der Waals surface area contributed by atoms with Gasteiger partial charge in [0.2, 0.25) is 0 Å². The predicted octanol–water partition coefficient (Wildman–Crippen LogP) is 0.0142. The molecule has 0 amide bonds. The van der Waals surface area contributed by atoms with Gasteiger partial charge in [-0.05, 0) is 6.92 Å². The molecule has 3 N–H and O–H groups in total. The van der Waals surface area contributed by atoms with Gasteiger partial charge in [0.25, 0.3) is 0 Å². The zero-order valence-corrected chi connectivity index (χ0v) is 5.75. The van der Waals surface area contributed by atoms with Crippen LogP contribution in [0.3, 0.4) is 0 Å². The molecule has 0 radical (unpaired) electrons. The normalized spacial score (nSPS) is 13.9. The highest BCUT2D eigenvalue weighted by atomic mass is 31.2. The van der Waals surface area contributed by atoms with E-state index in [0.29, 0.717) is 0 Å². The lowest BCUT2D eigenvalue weighted by Gasteiger charge is -1.99. The molecule has 5 nitrogen and oxygen atoms in total. The second-order valence-electron chi connectivity index (χ2n) is 1.66. The van der Waals surface area contributed by atoms with Crippen molar-refractivity contribution in [3.63, 3.8) is 0 Å². The minimum atomic E-state index is -4.03. The summed E-state index contributed by atoms with van der Waals surface area (Å²) in [7, 11) is -4.03. The fourth-order valence-corrected chi connectivity index (χ4v) is 0.989. The molecular formula is C3H8NO4P. The maximum absolute atomic E-state index is 10.1. The van der Waals surface area contributed by atoms with E-state index in [-0.39, 0.29) is 5.71 Å². The average Bonchev–Trinajstić information content (AvgIpc) is 1.62. The van der Waals surface area contributed by atoms with E-state index in [9.17, 15) is 4.57 Å². The van der Waals surface area contributed by atoms with E-state index in [1.54, 1.807) is 0 Å². The Labute approximate surface area is 52.2 Å². The molecule has 0 heterocycles. The quantitative estimate of drug-likeness (QED) is 0.225. The molecular weight excluding hydrogens is 145 g/mol. The molecule has 0 unspecified atom stereocenters. The molecule has 0 saturated heterocycles. The van der Waals surface area contributed by atoms with Crippen molar-refractivity contribution in [2.45, 2.75) is 6.92 Å². The number of oxime groups is 1. The molecule has 0 rings (SSSR count). The van der Waals surface area contributed by atoms with E-state index in [1.807, 2.05) is 0 Å². The van der Waals surface area contributed by atoms with Gasteiger partial charge >= 0.3 is 7.60 Å². The minimum absolute atomic E-state index is 0.0309. The van der Waals surface area contributed by atoms with Gasteiger partial charge in [-0.25, -0.2) is 0 Å². The van der Waals surface area contributed by atoms with E-state index in [1.165, 1.54) is 6.92 Å². The maximum Gasteiger partial charge on any atom is 0.331 e. The van der Waals surface area contributed by atoms with Gasteiger partial charge in [0.05, 0.1) is 11.9 Å². The zero-order chi connectivity index (χ0) is 7.49. The first-order chi connectivity index (χ1) is 3.95. The van der Waals surface area contributed by atoms with Crippen LogP contribution in [0.5, 0.6) is 0 Å². The molecule has 0 saturated carbocycles. The van der Waals surface area contributed by atoms with Crippen LogP contribution >= 0.6 is 7.60 Å². The lowest BCUT2D eigenvalue weighted by atomic mass is 10.5. The molecule has 0 aliphatic rings. The van der Waals surface area contributed by atoms with E-state index in [0.717, 1.165) is 0 Å². The summed E-state index contributed by atoms with van der Waals surface area (Å²) in [6, 6.07) is 0. The largest absolute Gasteiger partial charge is 0.411 e. The van der Waals surface area contributed by atoms with Crippen molar-refractivity contribution >= 4 is 13.3 Å². The molecule has 0 atom stereocenters. The van der Waals surface area contributed by atoms with Crippen molar-refractivity contribution in [3.8, 4) is 0 Å². The Kier molecular flexibility index (Phi) is 2.84. The first-order valence-corrected chi connectivity index (χ1v) is 3.97. The Balaban J connectivity index is 3.90. The topological polar surface area (TPSA) is 90.1 Å². The van der Waals surface area contributed by atoms with Crippen LogP contribution < -0.4 is 0 Å². The zero-order valence-electron chi connectivity index (χ0n) is 4.85. The van der Waals surface area contributed by atoms with Crippen LogP contribution in [-0.2, 0) is 4.57 Å². The Hall–Kier alpha value is -0.380. The summed E-state index contributed by atoms with van der Waals surface area (Å²) < 4.78 is 10.1. The molecule has 0 fully saturated rings. The summed E-state index contributed by atoms with van der Waals surface area (Å²) >= 11 is 0. The van der Waals surface area contributed by atoms with Crippen molar-refractivity contribution in [1.82, 2.24) is 0 Å². The van der Waals surface area contributed by atoms with E-state index < -0.39 is 13.8 Å². The summed E-state index contributed by atoms with van der Waals surface area (Å²) in [4.78, 5) is 16.5. The van der Waals surface area contributed by atoms with Crippen molar-refractivity contribution < 1.29 is 19.6 Å². The Morgan fingerprint density at radius 3 is 2.22 bits per heavy atom. The van der Waals surface area contributed by atoms with Gasteiger partial charge < -0.3 is 15.0 Å². The Morgan fingerprint density at radius 2 is 2.11 bits per heavy atom. The fourth-order valence-electron chi connectivity index (χ4n) is 0.330. The highest BCUT2D eigenvalue weighted by molar-refractivity contribution is 7.52. The Morgan fingerprint density at radius 1 is 1.67 bits per heavy atom. The number of hydrogen-bond acceptors (Lipinski definition) is 3. The second kappa shape index (κ2) is 2.96. The summed E-state index contributed by atoms with van der Waals surface area (Å²) in [6.07, 6.45) is -0.483. The summed E-state index contributed by atoms with van der Waals surface area (Å²) in [5, 5.41) is 10.5. The highest BCUT2D eigenvalue weighted by Gasteiger charge is 2.13. The summed E-state index contributed by atoms with van der Waals surface area (Å²) in [5.41, 5.74) is 0.0309. The second-order valence-corrected chi connectivity index (χ2v) is 3.30. The maximum atomic E-state index is 10.1. The van der Waals surface area contributed by atoms with Crippen LogP contribution in [0.4, 0.5) is 0 Å². The Bertz CT molecular complexity index is 159. The van der Waals surface area contributed by atoms with Gasteiger partial charge in [-0.15, -0.1) is 0 Å². The van der Waals surface area contributed by atoms with Gasteiger partial charge in [0, 0.05) is 0 Å². The van der Waals surface area contributed by atoms with Gasteiger partial charge in [-0.2, -0.15) is 0 Å². The van der Waals surface area contributed by atoms with E-state index in [4.69, 9.17) is 15.0 Å². The lowest BCUT2D eigenvalue weighted by Crippen LogP contribution is -1.99. The molecule has 54 valence electrons. The number of nitrogens with zero attached hydrogens (tertiary/aromatic N) is 1. The van der Waals surface area contributed by atoms with E-state index >= 15 is 0 Å². The van der Waals surface area contributed by atoms with Crippen LogP contribution in [0.1, 0.15) is 6.92 Å². The predicted molar refractivity (Wildman–Crippen MR) is 31.8 cm³/mol. The average molecular weight is 153 g/mol. The molecule has 0 aromatic rings. The fraction of sp³-hybridized carbons (Fsp3) is 0.667. The first kappa shape index (κ1) is 8.62. The lowest BCUT2D eigenvalue weighted by molar-refractivity contribution is 0.317. The monoisotopic (exact) mass is 153 g/mol. The molecule has 0 aromatic carbocycles. The van der Waals surface area contributed by atoms with Crippen LogP contribution in [0.15, 0.2) is 5.16 Å². The molecule has 9 heavy (non-hydrogen) atoms. The molecule has 0 aliphatic heterocycles. The van der Waals surface area contributed by atoms with Crippen LogP contribution in [-0.4, -0.2) is 26.9 Å². The standard InChI is InChI=1S/C3H8NO4P/c1-3(4-5)2-9(6,7)8/h5H,2H2,1H3,(H2,6,7,8). The smallest absolute Gasteiger partial charge is 0.331 e.